The summed E-state index contributed by atoms with van der Waals surface area (Å²) in [5.74, 6) is 2.69. The van der Waals surface area contributed by atoms with Gasteiger partial charge >= 0.3 is 0 Å². The Morgan fingerprint density at radius 3 is 2.86 bits per heavy atom. The number of hydrogen-bond acceptors (Lipinski definition) is 5. The minimum atomic E-state index is -3.55. The van der Waals surface area contributed by atoms with Crippen molar-refractivity contribution < 1.29 is 8.42 Å². The van der Waals surface area contributed by atoms with Gasteiger partial charge in [0.05, 0.1) is 5.69 Å². The summed E-state index contributed by atoms with van der Waals surface area (Å²) >= 11 is 1.94. The molecule has 0 radical (unpaired) electrons. The van der Waals surface area contributed by atoms with Gasteiger partial charge in [-0.2, -0.15) is 11.8 Å². The molecule has 2 rings (SSSR count). The van der Waals surface area contributed by atoms with Crippen LogP contribution in [0.1, 0.15) is 26.2 Å². The van der Waals surface area contributed by atoms with E-state index in [-0.39, 0.29) is 5.03 Å². The normalized spacial score (nSPS) is 16.8. The van der Waals surface area contributed by atoms with Gasteiger partial charge in [-0.05, 0) is 48.8 Å². The Kier molecular flexibility index (Phi) is 6.32. The number of nitrogens with one attached hydrogen (secondary N) is 2. The van der Waals surface area contributed by atoms with Gasteiger partial charge in [-0.3, -0.25) is 0 Å². The van der Waals surface area contributed by atoms with E-state index >= 15 is 0 Å². The Bertz CT molecular complexity index is 543. The van der Waals surface area contributed by atoms with Crippen molar-refractivity contribution in [2.45, 2.75) is 31.2 Å². The zero-order chi connectivity index (χ0) is 15.1. The molecule has 1 aliphatic heterocycles. The van der Waals surface area contributed by atoms with Gasteiger partial charge < -0.3 is 5.32 Å². The molecule has 1 aromatic heterocycles. The van der Waals surface area contributed by atoms with E-state index in [2.05, 4.69) is 15.0 Å². The maximum Gasteiger partial charge on any atom is 0.260 e. The first-order valence-corrected chi connectivity index (χ1v) is 10.0. The standard InChI is InChI=1S/C14H23N3O2S2/c1-2-7-15-13-4-3-8-16-14(13)21(18,19)17-11-12-5-9-20-10-6-12/h3-4,8,12,15,17H,2,5-7,9-11H2,1H3. The lowest BCUT2D eigenvalue weighted by atomic mass is 10.0. The summed E-state index contributed by atoms with van der Waals surface area (Å²) in [5, 5.41) is 3.22. The molecule has 1 saturated heterocycles. The summed E-state index contributed by atoms with van der Waals surface area (Å²) in [6.07, 6.45) is 4.61. The van der Waals surface area contributed by atoms with Crippen LogP contribution in [0.4, 0.5) is 5.69 Å². The molecule has 1 aromatic rings. The number of thioether (sulfide) groups is 1. The first kappa shape index (κ1) is 16.6. The van der Waals surface area contributed by atoms with E-state index < -0.39 is 10.0 Å². The average Bonchev–Trinajstić information content (AvgIpc) is 2.52. The van der Waals surface area contributed by atoms with Crippen LogP contribution in [0.2, 0.25) is 0 Å². The van der Waals surface area contributed by atoms with Crippen LogP contribution in [0.5, 0.6) is 0 Å². The van der Waals surface area contributed by atoms with Gasteiger partial charge in [0.1, 0.15) is 0 Å². The molecule has 5 nitrogen and oxygen atoms in total. The number of rotatable bonds is 7. The molecule has 0 aromatic carbocycles. The van der Waals surface area contributed by atoms with Crippen molar-refractivity contribution in [3.63, 3.8) is 0 Å². The van der Waals surface area contributed by atoms with E-state index in [9.17, 15) is 8.42 Å². The molecule has 7 heteroatoms. The first-order chi connectivity index (χ1) is 10.1. The summed E-state index contributed by atoms with van der Waals surface area (Å²) in [4.78, 5) is 4.05. The Balaban J connectivity index is 2.04. The van der Waals surface area contributed by atoms with E-state index in [1.807, 2.05) is 18.7 Å². The molecule has 0 spiro atoms. The first-order valence-electron chi connectivity index (χ1n) is 7.40. The Morgan fingerprint density at radius 1 is 1.38 bits per heavy atom. The summed E-state index contributed by atoms with van der Waals surface area (Å²) < 4.78 is 27.6. The predicted molar refractivity (Wildman–Crippen MR) is 88.3 cm³/mol. The third-order valence-electron chi connectivity index (χ3n) is 3.49. The second-order valence-corrected chi connectivity index (χ2v) is 8.10. The molecule has 1 fully saturated rings. The summed E-state index contributed by atoms with van der Waals surface area (Å²) in [5.41, 5.74) is 0.575. The van der Waals surface area contributed by atoms with Crippen molar-refractivity contribution in [2.75, 3.05) is 29.9 Å². The number of pyridine rings is 1. The lowest BCUT2D eigenvalue weighted by Gasteiger charge is -2.21. The zero-order valence-electron chi connectivity index (χ0n) is 12.3. The molecule has 2 N–H and O–H groups in total. The third kappa shape index (κ3) is 4.86. The highest BCUT2D eigenvalue weighted by molar-refractivity contribution is 7.99. The second-order valence-electron chi connectivity index (χ2n) is 5.19. The minimum Gasteiger partial charge on any atom is -0.383 e. The van der Waals surface area contributed by atoms with Crippen molar-refractivity contribution in [3.05, 3.63) is 18.3 Å². The largest absolute Gasteiger partial charge is 0.383 e. The molecule has 0 bridgehead atoms. The molecule has 21 heavy (non-hydrogen) atoms. The fraction of sp³-hybridized carbons (Fsp3) is 0.643. The maximum absolute atomic E-state index is 12.4. The van der Waals surface area contributed by atoms with Crippen LogP contribution < -0.4 is 10.0 Å². The Labute approximate surface area is 131 Å². The Hall–Kier alpha value is -0.790. The minimum absolute atomic E-state index is 0.101. The monoisotopic (exact) mass is 329 g/mol. The SMILES string of the molecule is CCCNc1cccnc1S(=O)(=O)NCC1CCSCC1. The molecule has 0 unspecified atom stereocenters. The molecule has 0 aliphatic carbocycles. The molecule has 1 aliphatic rings. The number of anilines is 1. The maximum atomic E-state index is 12.4. The fourth-order valence-corrected chi connectivity index (χ4v) is 4.67. The van der Waals surface area contributed by atoms with Crippen LogP contribution >= 0.6 is 11.8 Å². The molecule has 2 heterocycles. The predicted octanol–water partition coefficient (Wildman–Crippen LogP) is 2.33. The van der Waals surface area contributed by atoms with Gasteiger partial charge in [-0.1, -0.05) is 6.92 Å². The van der Waals surface area contributed by atoms with Gasteiger partial charge in [-0.15, -0.1) is 0 Å². The molecule has 0 saturated carbocycles. The van der Waals surface area contributed by atoms with Gasteiger partial charge in [0.15, 0.2) is 5.03 Å². The lowest BCUT2D eigenvalue weighted by Crippen LogP contribution is -2.32. The van der Waals surface area contributed by atoms with E-state index in [1.165, 1.54) is 6.20 Å². The van der Waals surface area contributed by atoms with Crippen LogP contribution in [0.3, 0.4) is 0 Å². The number of sulfonamides is 1. The highest BCUT2D eigenvalue weighted by Gasteiger charge is 2.22. The average molecular weight is 329 g/mol. The molecule has 118 valence electrons. The van der Waals surface area contributed by atoms with E-state index in [0.29, 0.717) is 18.2 Å². The summed E-state index contributed by atoms with van der Waals surface area (Å²) in [6, 6.07) is 3.50. The van der Waals surface area contributed by atoms with Gasteiger partial charge in [0.25, 0.3) is 10.0 Å². The fourth-order valence-electron chi connectivity index (χ4n) is 2.25. The lowest BCUT2D eigenvalue weighted by molar-refractivity contribution is 0.476. The highest BCUT2D eigenvalue weighted by Crippen LogP contribution is 2.23. The third-order valence-corrected chi connectivity index (χ3v) is 5.92. The van der Waals surface area contributed by atoms with Gasteiger partial charge in [-0.25, -0.2) is 18.1 Å². The van der Waals surface area contributed by atoms with Crippen LogP contribution in [-0.2, 0) is 10.0 Å². The molecular weight excluding hydrogens is 306 g/mol. The van der Waals surface area contributed by atoms with Crippen molar-refractivity contribution in [3.8, 4) is 0 Å². The second kappa shape index (κ2) is 8.00. The zero-order valence-corrected chi connectivity index (χ0v) is 14.0. The van der Waals surface area contributed by atoms with Crippen LogP contribution in [0.15, 0.2) is 23.4 Å². The van der Waals surface area contributed by atoms with Crippen LogP contribution in [0.25, 0.3) is 0 Å². The Morgan fingerprint density at radius 2 is 2.14 bits per heavy atom. The highest BCUT2D eigenvalue weighted by atomic mass is 32.2. The van der Waals surface area contributed by atoms with Crippen molar-refractivity contribution in [1.29, 1.82) is 0 Å². The van der Waals surface area contributed by atoms with E-state index in [1.54, 1.807) is 12.1 Å². The molecular formula is C14H23N3O2S2. The van der Waals surface area contributed by atoms with Crippen molar-refractivity contribution in [1.82, 2.24) is 9.71 Å². The summed E-state index contributed by atoms with van der Waals surface area (Å²) in [7, 11) is -3.55. The van der Waals surface area contributed by atoms with E-state index in [4.69, 9.17) is 0 Å². The summed E-state index contributed by atoms with van der Waals surface area (Å²) in [6.45, 7) is 3.28. The smallest absolute Gasteiger partial charge is 0.260 e. The van der Waals surface area contributed by atoms with Crippen molar-refractivity contribution >= 4 is 27.5 Å². The number of aromatic nitrogens is 1. The number of nitrogens with zero attached hydrogens (tertiary/aromatic N) is 1. The van der Waals surface area contributed by atoms with Crippen LogP contribution in [0, 0.1) is 5.92 Å². The quantitative estimate of drug-likeness (QED) is 0.803. The van der Waals surface area contributed by atoms with Crippen molar-refractivity contribution in [2.24, 2.45) is 5.92 Å². The van der Waals surface area contributed by atoms with Gasteiger partial charge in [0, 0.05) is 19.3 Å². The van der Waals surface area contributed by atoms with E-state index in [0.717, 1.165) is 37.3 Å². The molecule has 0 atom stereocenters. The van der Waals surface area contributed by atoms with Gasteiger partial charge in [0.2, 0.25) is 0 Å². The van der Waals surface area contributed by atoms with Crippen LogP contribution in [-0.4, -0.2) is 38.0 Å². The number of hydrogen-bond donors (Lipinski definition) is 2. The molecule has 0 amide bonds. The topological polar surface area (TPSA) is 71.1 Å².